The van der Waals surface area contributed by atoms with Gasteiger partial charge in [0, 0.05) is 18.0 Å². The Morgan fingerprint density at radius 1 is 1.33 bits per heavy atom. The number of aromatic amines is 1. The molecule has 7 heteroatoms. The molecule has 1 amide bonds. The van der Waals surface area contributed by atoms with E-state index in [1.165, 1.54) is 0 Å². The first-order valence-corrected chi connectivity index (χ1v) is 6.40. The number of nitrogens with zero attached hydrogens (tertiary/aromatic N) is 1. The second kappa shape index (κ2) is 6.00. The molecule has 108 valence electrons. The van der Waals surface area contributed by atoms with Gasteiger partial charge >= 0.3 is 0 Å². The highest BCUT2D eigenvalue weighted by atomic mass is 16.7. The molecule has 21 heavy (non-hydrogen) atoms. The van der Waals surface area contributed by atoms with Crippen molar-refractivity contribution in [1.82, 2.24) is 10.4 Å². The third-order valence-electron chi connectivity index (χ3n) is 2.84. The summed E-state index contributed by atoms with van der Waals surface area (Å²) in [5.74, 6) is 1.14. The summed E-state index contributed by atoms with van der Waals surface area (Å²) in [6, 6.07) is 9.11. The molecule has 0 radical (unpaired) electrons. The number of amides is 1. The summed E-state index contributed by atoms with van der Waals surface area (Å²) < 4.78 is 10.5. The van der Waals surface area contributed by atoms with Crippen LogP contribution in [0.5, 0.6) is 11.5 Å². The van der Waals surface area contributed by atoms with Crippen molar-refractivity contribution >= 4 is 17.8 Å². The minimum absolute atomic E-state index is 0.113. The molecule has 1 aliphatic heterocycles. The Morgan fingerprint density at radius 3 is 3.10 bits per heavy atom. The normalized spacial score (nSPS) is 12.6. The topological polar surface area (TPSA) is 87.7 Å². The number of rotatable bonds is 5. The van der Waals surface area contributed by atoms with E-state index in [2.05, 4.69) is 20.8 Å². The number of benzene rings is 1. The van der Waals surface area contributed by atoms with E-state index in [1.807, 2.05) is 18.2 Å². The summed E-state index contributed by atoms with van der Waals surface area (Å²) in [6.45, 7) is 0.342. The van der Waals surface area contributed by atoms with Crippen LogP contribution in [0.2, 0.25) is 0 Å². The third kappa shape index (κ3) is 3.33. The molecular formula is C14H14N4O3. The summed E-state index contributed by atoms with van der Waals surface area (Å²) in [6.07, 6.45) is 3.32. The van der Waals surface area contributed by atoms with Gasteiger partial charge in [0.2, 0.25) is 6.79 Å². The minimum Gasteiger partial charge on any atom is -0.454 e. The number of hydrogen-bond acceptors (Lipinski definition) is 5. The predicted octanol–water partition coefficient (Wildman–Crippen LogP) is 1.31. The van der Waals surface area contributed by atoms with Gasteiger partial charge in [-0.15, -0.1) is 0 Å². The second-order valence-electron chi connectivity index (χ2n) is 4.34. The number of carbonyl (C=O) groups excluding carboxylic acids is 1. The number of carbonyl (C=O) groups is 1. The van der Waals surface area contributed by atoms with Gasteiger partial charge in [-0.1, -0.05) is 0 Å². The quantitative estimate of drug-likeness (QED) is 0.571. The Labute approximate surface area is 121 Å². The molecule has 3 N–H and O–H groups in total. The number of hydrogen-bond donors (Lipinski definition) is 3. The van der Waals surface area contributed by atoms with Crippen LogP contribution in [0, 0.1) is 0 Å². The summed E-state index contributed by atoms with van der Waals surface area (Å²) in [5, 5.41) is 6.83. The molecule has 7 nitrogen and oxygen atoms in total. The SMILES string of the molecule is O=C(CNc1ccc2c(c1)OCO2)N/N=C\c1ccc[nH]1. The predicted molar refractivity (Wildman–Crippen MR) is 77.6 cm³/mol. The average molecular weight is 286 g/mol. The molecule has 1 aromatic heterocycles. The molecule has 0 saturated heterocycles. The van der Waals surface area contributed by atoms with Crippen molar-refractivity contribution in [2.75, 3.05) is 18.7 Å². The molecule has 0 atom stereocenters. The van der Waals surface area contributed by atoms with Crippen LogP contribution in [-0.4, -0.2) is 30.4 Å². The zero-order valence-electron chi connectivity index (χ0n) is 11.1. The molecule has 0 aliphatic carbocycles. The molecule has 0 saturated carbocycles. The smallest absolute Gasteiger partial charge is 0.259 e. The Kier molecular flexibility index (Phi) is 3.72. The van der Waals surface area contributed by atoms with E-state index in [0.717, 1.165) is 11.4 Å². The number of aromatic nitrogens is 1. The van der Waals surface area contributed by atoms with Crippen LogP contribution >= 0.6 is 0 Å². The fourth-order valence-corrected chi connectivity index (χ4v) is 1.83. The molecule has 2 heterocycles. The fraction of sp³-hybridized carbons (Fsp3) is 0.143. The van der Waals surface area contributed by atoms with Gasteiger partial charge in [0.1, 0.15) is 0 Å². The second-order valence-corrected chi connectivity index (χ2v) is 4.34. The van der Waals surface area contributed by atoms with Gasteiger partial charge in [-0.25, -0.2) is 5.43 Å². The van der Waals surface area contributed by atoms with Gasteiger partial charge in [0.15, 0.2) is 11.5 Å². The monoisotopic (exact) mass is 286 g/mol. The first kappa shape index (κ1) is 13.0. The van der Waals surface area contributed by atoms with E-state index in [4.69, 9.17) is 9.47 Å². The van der Waals surface area contributed by atoms with E-state index in [1.54, 1.807) is 24.5 Å². The van der Waals surface area contributed by atoms with E-state index < -0.39 is 0 Å². The van der Waals surface area contributed by atoms with Gasteiger partial charge in [-0.3, -0.25) is 4.79 Å². The van der Waals surface area contributed by atoms with Crippen LogP contribution < -0.4 is 20.2 Å². The number of H-pyrrole nitrogens is 1. The number of anilines is 1. The molecule has 0 unspecified atom stereocenters. The summed E-state index contributed by atoms with van der Waals surface area (Å²) in [4.78, 5) is 14.6. The molecular weight excluding hydrogens is 272 g/mol. The maximum Gasteiger partial charge on any atom is 0.259 e. The standard InChI is InChI=1S/C14H14N4O3/c19-14(18-17-7-11-2-1-5-15-11)8-16-10-3-4-12-13(6-10)21-9-20-12/h1-7,15-16H,8-9H2,(H,18,19)/b17-7-. The summed E-state index contributed by atoms with van der Waals surface area (Å²) in [7, 11) is 0. The highest BCUT2D eigenvalue weighted by Gasteiger charge is 2.13. The van der Waals surface area contributed by atoms with Crippen LogP contribution in [0.25, 0.3) is 0 Å². The van der Waals surface area contributed by atoms with E-state index in [-0.39, 0.29) is 19.2 Å². The van der Waals surface area contributed by atoms with Crippen molar-refractivity contribution in [3.05, 3.63) is 42.2 Å². The number of hydrazone groups is 1. The molecule has 3 rings (SSSR count). The van der Waals surface area contributed by atoms with Crippen molar-refractivity contribution in [2.24, 2.45) is 5.10 Å². The maximum atomic E-state index is 11.6. The number of ether oxygens (including phenoxy) is 2. The van der Waals surface area contributed by atoms with Crippen LogP contribution in [0.15, 0.2) is 41.6 Å². The molecule has 0 spiro atoms. The van der Waals surface area contributed by atoms with Gasteiger partial charge in [0.25, 0.3) is 5.91 Å². The lowest BCUT2D eigenvalue weighted by atomic mass is 10.3. The maximum absolute atomic E-state index is 11.6. The Balaban J connectivity index is 1.47. The highest BCUT2D eigenvalue weighted by molar-refractivity contribution is 5.83. The average Bonchev–Trinajstić information content (AvgIpc) is 3.15. The lowest BCUT2D eigenvalue weighted by Crippen LogP contribution is -2.25. The molecule has 1 aliphatic rings. The molecule has 0 fully saturated rings. The number of fused-ring (bicyclic) bond motifs is 1. The molecule has 0 bridgehead atoms. The van der Waals surface area contributed by atoms with Gasteiger partial charge < -0.3 is 19.8 Å². The van der Waals surface area contributed by atoms with Crippen molar-refractivity contribution < 1.29 is 14.3 Å². The van der Waals surface area contributed by atoms with Crippen molar-refractivity contribution in [1.29, 1.82) is 0 Å². The van der Waals surface area contributed by atoms with Gasteiger partial charge in [-0.05, 0) is 24.3 Å². The molecule has 2 aromatic rings. The van der Waals surface area contributed by atoms with Crippen LogP contribution in [0.1, 0.15) is 5.69 Å². The summed E-state index contributed by atoms with van der Waals surface area (Å²) >= 11 is 0. The first-order valence-electron chi connectivity index (χ1n) is 6.40. The minimum atomic E-state index is -0.240. The van der Waals surface area contributed by atoms with Crippen LogP contribution in [-0.2, 0) is 4.79 Å². The van der Waals surface area contributed by atoms with E-state index in [9.17, 15) is 4.79 Å². The van der Waals surface area contributed by atoms with Crippen LogP contribution in [0.3, 0.4) is 0 Å². The van der Waals surface area contributed by atoms with Crippen molar-refractivity contribution in [3.8, 4) is 11.5 Å². The zero-order chi connectivity index (χ0) is 14.5. The van der Waals surface area contributed by atoms with E-state index in [0.29, 0.717) is 11.5 Å². The Morgan fingerprint density at radius 2 is 2.24 bits per heavy atom. The van der Waals surface area contributed by atoms with Crippen molar-refractivity contribution in [3.63, 3.8) is 0 Å². The largest absolute Gasteiger partial charge is 0.454 e. The Bertz CT molecular complexity index is 652. The summed E-state index contributed by atoms with van der Waals surface area (Å²) in [5.41, 5.74) is 4.03. The Hall–Kier alpha value is -2.96. The highest BCUT2D eigenvalue weighted by Crippen LogP contribution is 2.34. The third-order valence-corrected chi connectivity index (χ3v) is 2.84. The zero-order valence-corrected chi connectivity index (χ0v) is 11.1. The van der Waals surface area contributed by atoms with Gasteiger partial charge in [0.05, 0.1) is 18.5 Å². The van der Waals surface area contributed by atoms with Crippen molar-refractivity contribution in [2.45, 2.75) is 0 Å². The lowest BCUT2D eigenvalue weighted by molar-refractivity contribution is -0.119. The first-order chi connectivity index (χ1) is 10.3. The van der Waals surface area contributed by atoms with Crippen LogP contribution in [0.4, 0.5) is 5.69 Å². The van der Waals surface area contributed by atoms with Gasteiger partial charge in [-0.2, -0.15) is 5.10 Å². The van der Waals surface area contributed by atoms with E-state index >= 15 is 0 Å². The fourth-order valence-electron chi connectivity index (χ4n) is 1.83. The number of nitrogens with one attached hydrogen (secondary N) is 3. The molecule has 1 aromatic carbocycles. The lowest BCUT2D eigenvalue weighted by Gasteiger charge is -2.06.